The SMILES string of the molecule is C=Cc1ccc(CN2C(=O)N(Cl)C(C)(C)C2=O)cc1. The van der Waals surface area contributed by atoms with Gasteiger partial charge in [-0.25, -0.2) is 9.21 Å². The standard InChI is InChI=1S/C14H15ClN2O2/c1-4-10-5-7-11(8-6-10)9-16-12(18)14(2,3)17(15)13(16)19/h4-8H,1,9H2,2-3H3. The third-order valence-corrected chi connectivity index (χ3v) is 3.78. The van der Waals surface area contributed by atoms with Gasteiger partial charge in [-0.3, -0.25) is 9.69 Å². The number of carbonyl (C=O) groups is 2. The molecule has 0 bridgehead atoms. The van der Waals surface area contributed by atoms with Crippen LogP contribution in [0.25, 0.3) is 6.08 Å². The predicted molar refractivity (Wildman–Crippen MR) is 74.3 cm³/mol. The zero-order valence-corrected chi connectivity index (χ0v) is 11.6. The second kappa shape index (κ2) is 4.70. The molecule has 2 rings (SSSR count). The van der Waals surface area contributed by atoms with Crippen molar-refractivity contribution in [3.8, 4) is 0 Å². The number of nitrogens with zero attached hydrogens (tertiary/aromatic N) is 2. The maximum Gasteiger partial charge on any atom is 0.342 e. The van der Waals surface area contributed by atoms with Crippen LogP contribution in [0.3, 0.4) is 0 Å². The summed E-state index contributed by atoms with van der Waals surface area (Å²) in [5.41, 5.74) is 0.858. The van der Waals surface area contributed by atoms with Gasteiger partial charge in [0.05, 0.1) is 6.54 Å². The summed E-state index contributed by atoms with van der Waals surface area (Å²) in [5, 5.41) is 0. The molecule has 0 radical (unpaired) electrons. The molecular formula is C14H15ClN2O2. The first-order valence-corrected chi connectivity index (χ1v) is 6.25. The van der Waals surface area contributed by atoms with E-state index in [1.54, 1.807) is 19.9 Å². The van der Waals surface area contributed by atoms with Gasteiger partial charge < -0.3 is 0 Å². The Labute approximate surface area is 117 Å². The van der Waals surface area contributed by atoms with E-state index in [2.05, 4.69) is 6.58 Å². The molecule has 1 fully saturated rings. The molecule has 0 N–H and O–H groups in total. The molecule has 1 aromatic rings. The molecule has 1 saturated heterocycles. The van der Waals surface area contributed by atoms with Gasteiger partial charge >= 0.3 is 6.03 Å². The number of hydrogen-bond donors (Lipinski definition) is 0. The van der Waals surface area contributed by atoms with Gasteiger partial charge in [0.2, 0.25) is 0 Å². The topological polar surface area (TPSA) is 40.6 Å². The van der Waals surface area contributed by atoms with Crippen LogP contribution in [0.2, 0.25) is 0 Å². The normalized spacial score (nSPS) is 18.1. The lowest BCUT2D eigenvalue weighted by atomic mass is 10.1. The Morgan fingerprint density at radius 2 is 1.84 bits per heavy atom. The van der Waals surface area contributed by atoms with Gasteiger partial charge in [-0.05, 0) is 25.0 Å². The van der Waals surface area contributed by atoms with Gasteiger partial charge in [0.25, 0.3) is 5.91 Å². The molecule has 0 saturated carbocycles. The fraction of sp³-hybridized carbons (Fsp3) is 0.286. The molecule has 4 nitrogen and oxygen atoms in total. The molecule has 0 unspecified atom stereocenters. The quantitative estimate of drug-likeness (QED) is 0.630. The van der Waals surface area contributed by atoms with Crippen molar-refractivity contribution in [1.82, 2.24) is 9.32 Å². The number of benzene rings is 1. The molecular weight excluding hydrogens is 264 g/mol. The van der Waals surface area contributed by atoms with E-state index in [1.807, 2.05) is 24.3 Å². The van der Waals surface area contributed by atoms with Crippen LogP contribution >= 0.6 is 11.8 Å². The number of imide groups is 1. The third-order valence-electron chi connectivity index (χ3n) is 3.21. The smallest absolute Gasteiger partial charge is 0.272 e. The Bertz CT molecular complexity index is 537. The van der Waals surface area contributed by atoms with Crippen LogP contribution in [0.1, 0.15) is 25.0 Å². The van der Waals surface area contributed by atoms with Crippen molar-refractivity contribution in [3.05, 3.63) is 42.0 Å². The summed E-state index contributed by atoms with van der Waals surface area (Å²) in [6.07, 6.45) is 1.74. The summed E-state index contributed by atoms with van der Waals surface area (Å²) in [4.78, 5) is 25.2. The minimum atomic E-state index is -1.00. The predicted octanol–water partition coefficient (Wildman–Crippen LogP) is 3.03. The number of amides is 3. The van der Waals surface area contributed by atoms with Gasteiger partial charge in [-0.15, -0.1) is 0 Å². The first-order chi connectivity index (χ1) is 8.87. The molecule has 19 heavy (non-hydrogen) atoms. The Morgan fingerprint density at radius 1 is 1.26 bits per heavy atom. The number of rotatable bonds is 3. The molecule has 0 spiro atoms. The van der Waals surface area contributed by atoms with E-state index in [1.165, 1.54) is 0 Å². The molecule has 1 heterocycles. The van der Waals surface area contributed by atoms with Crippen LogP contribution in [-0.2, 0) is 11.3 Å². The number of urea groups is 1. The van der Waals surface area contributed by atoms with Crippen molar-refractivity contribution in [3.63, 3.8) is 0 Å². The highest BCUT2D eigenvalue weighted by atomic mass is 35.5. The van der Waals surface area contributed by atoms with Crippen LogP contribution in [-0.4, -0.2) is 26.8 Å². The Kier molecular flexibility index (Phi) is 3.37. The fourth-order valence-electron chi connectivity index (χ4n) is 1.93. The van der Waals surface area contributed by atoms with Crippen LogP contribution < -0.4 is 0 Å². The summed E-state index contributed by atoms with van der Waals surface area (Å²) in [6.45, 7) is 7.15. The van der Waals surface area contributed by atoms with Crippen LogP contribution in [0.4, 0.5) is 4.79 Å². The van der Waals surface area contributed by atoms with Crippen molar-refractivity contribution in [2.24, 2.45) is 0 Å². The number of carbonyl (C=O) groups excluding carboxylic acids is 2. The van der Waals surface area contributed by atoms with Crippen molar-refractivity contribution >= 4 is 29.8 Å². The van der Waals surface area contributed by atoms with Crippen molar-refractivity contribution in [2.75, 3.05) is 0 Å². The van der Waals surface area contributed by atoms with Gasteiger partial charge in [-0.1, -0.05) is 36.9 Å². The molecule has 0 aromatic heterocycles. The highest BCUT2D eigenvalue weighted by molar-refractivity contribution is 6.27. The third kappa shape index (κ3) is 2.24. The first-order valence-electron chi connectivity index (χ1n) is 5.91. The molecule has 5 heteroatoms. The zero-order chi connectivity index (χ0) is 14.2. The van der Waals surface area contributed by atoms with Crippen LogP contribution in [0, 0.1) is 0 Å². The maximum atomic E-state index is 12.1. The molecule has 1 aliphatic heterocycles. The van der Waals surface area contributed by atoms with Crippen molar-refractivity contribution < 1.29 is 9.59 Å². The van der Waals surface area contributed by atoms with Crippen molar-refractivity contribution in [1.29, 1.82) is 0 Å². The van der Waals surface area contributed by atoms with Gasteiger partial charge in [0.15, 0.2) is 0 Å². The second-order valence-corrected chi connectivity index (χ2v) is 5.30. The summed E-state index contributed by atoms with van der Waals surface area (Å²) in [7, 11) is 0. The Hall–Kier alpha value is -1.81. The lowest BCUT2D eigenvalue weighted by Gasteiger charge is -2.19. The van der Waals surface area contributed by atoms with E-state index in [4.69, 9.17) is 11.8 Å². The second-order valence-electron chi connectivity index (χ2n) is 4.96. The van der Waals surface area contributed by atoms with Gasteiger partial charge in [-0.2, -0.15) is 0 Å². The summed E-state index contributed by atoms with van der Waals surface area (Å²) in [5.74, 6) is -0.291. The van der Waals surface area contributed by atoms with Crippen molar-refractivity contribution in [2.45, 2.75) is 25.9 Å². The lowest BCUT2D eigenvalue weighted by molar-refractivity contribution is -0.131. The zero-order valence-electron chi connectivity index (χ0n) is 10.9. The van der Waals surface area contributed by atoms with E-state index in [0.29, 0.717) is 0 Å². The molecule has 0 atom stereocenters. The fourth-order valence-corrected chi connectivity index (χ4v) is 2.09. The summed E-state index contributed by atoms with van der Waals surface area (Å²) < 4.78 is 0.952. The average Bonchev–Trinajstić information content (AvgIpc) is 2.55. The van der Waals surface area contributed by atoms with Crippen LogP contribution in [0.5, 0.6) is 0 Å². The molecule has 100 valence electrons. The number of halogens is 1. The Morgan fingerprint density at radius 3 is 2.26 bits per heavy atom. The lowest BCUT2D eigenvalue weighted by Crippen LogP contribution is -2.39. The first kappa shape index (κ1) is 13.6. The van der Waals surface area contributed by atoms with E-state index in [0.717, 1.165) is 20.4 Å². The minimum absolute atomic E-state index is 0.224. The molecule has 1 aliphatic rings. The van der Waals surface area contributed by atoms with Gasteiger partial charge in [0, 0.05) is 11.8 Å². The largest absolute Gasteiger partial charge is 0.342 e. The van der Waals surface area contributed by atoms with E-state index in [9.17, 15) is 9.59 Å². The molecule has 0 aliphatic carbocycles. The molecule has 3 amide bonds. The molecule has 1 aromatic carbocycles. The minimum Gasteiger partial charge on any atom is -0.272 e. The van der Waals surface area contributed by atoms with Crippen LogP contribution in [0.15, 0.2) is 30.8 Å². The van der Waals surface area contributed by atoms with E-state index in [-0.39, 0.29) is 12.5 Å². The monoisotopic (exact) mass is 278 g/mol. The van der Waals surface area contributed by atoms with Gasteiger partial charge in [0.1, 0.15) is 5.54 Å². The highest BCUT2D eigenvalue weighted by Crippen LogP contribution is 2.30. The van der Waals surface area contributed by atoms with E-state index < -0.39 is 11.6 Å². The maximum absolute atomic E-state index is 12.1. The number of hydrogen-bond acceptors (Lipinski definition) is 2. The summed E-state index contributed by atoms with van der Waals surface area (Å²) in [6, 6.07) is 7.01. The Balaban J connectivity index is 2.21. The summed E-state index contributed by atoms with van der Waals surface area (Å²) >= 11 is 5.87. The van der Waals surface area contributed by atoms with E-state index >= 15 is 0 Å². The average molecular weight is 279 g/mol. The highest BCUT2D eigenvalue weighted by Gasteiger charge is 2.50.